The molecule has 1 saturated carbocycles. The summed E-state index contributed by atoms with van der Waals surface area (Å²) in [5.74, 6) is -0.518. The van der Waals surface area contributed by atoms with E-state index in [9.17, 15) is 4.79 Å². The highest BCUT2D eigenvalue weighted by Crippen LogP contribution is 2.53. The van der Waals surface area contributed by atoms with Gasteiger partial charge in [0.05, 0.1) is 18.8 Å². The van der Waals surface area contributed by atoms with Crippen molar-refractivity contribution in [3.05, 3.63) is 52.3 Å². The molecular formula is C16H15Cl3N2O2. The SMILES string of the molecule is Cc1nn(Cc2ccccc2)c(Cl)c1C(=O)OC[C@@H]1CC1(Cl)Cl. The van der Waals surface area contributed by atoms with Crippen LogP contribution in [0.3, 0.4) is 0 Å². The molecule has 1 fully saturated rings. The van der Waals surface area contributed by atoms with Crippen LogP contribution in [0.2, 0.25) is 5.15 Å². The van der Waals surface area contributed by atoms with Crippen LogP contribution in [-0.4, -0.2) is 26.7 Å². The highest BCUT2D eigenvalue weighted by Gasteiger charge is 2.52. The predicted octanol–water partition coefficient (Wildman–Crippen LogP) is 4.24. The number of alkyl halides is 2. The fraction of sp³-hybridized carbons (Fsp3) is 0.375. The van der Waals surface area contributed by atoms with Gasteiger partial charge in [-0.25, -0.2) is 9.48 Å². The minimum absolute atomic E-state index is 0.0202. The first-order valence-corrected chi connectivity index (χ1v) is 8.33. The maximum atomic E-state index is 12.2. The van der Waals surface area contributed by atoms with Crippen LogP contribution in [-0.2, 0) is 11.3 Å². The first-order valence-electron chi connectivity index (χ1n) is 7.20. The summed E-state index contributed by atoms with van der Waals surface area (Å²) in [6.45, 7) is 2.41. The molecule has 0 spiro atoms. The van der Waals surface area contributed by atoms with Gasteiger partial charge in [-0.05, 0) is 18.9 Å². The molecule has 7 heteroatoms. The molecule has 0 unspecified atom stereocenters. The van der Waals surface area contributed by atoms with Crippen molar-refractivity contribution < 1.29 is 9.53 Å². The maximum Gasteiger partial charge on any atom is 0.343 e. The Bertz CT molecular complexity index is 728. The molecule has 0 amide bonds. The van der Waals surface area contributed by atoms with Crippen LogP contribution in [0.5, 0.6) is 0 Å². The van der Waals surface area contributed by atoms with Gasteiger partial charge in [-0.15, -0.1) is 23.2 Å². The lowest BCUT2D eigenvalue weighted by Crippen LogP contribution is -2.11. The third kappa shape index (κ3) is 3.65. The van der Waals surface area contributed by atoms with Gasteiger partial charge in [0.15, 0.2) is 0 Å². The average Bonchev–Trinajstić information content (AvgIpc) is 3.02. The zero-order valence-electron chi connectivity index (χ0n) is 12.4. The molecule has 122 valence electrons. The van der Waals surface area contributed by atoms with Crippen LogP contribution >= 0.6 is 34.8 Å². The van der Waals surface area contributed by atoms with Gasteiger partial charge in [-0.3, -0.25) is 0 Å². The van der Waals surface area contributed by atoms with Crippen molar-refractivity contribution in [2.24, 2.45) is 5.92 Å². The summed E-state index contributed by atoms with van der Waals surface area (Å²) in [6, 6.07) is 9.76. The third-order valence-corrected chi connectivity index (χ3v) is 5.13. The fourth-order valence-electron chi connectivity index (χ4n) is 2.35. The minimum atomic E-state index is -0.767. The van der Waals surface area contributed by atoms with Crippen LogP contribution in [0.25, 0.3) is 0 Å². The monoisotopic (exact) mass is 372 g/mol. The second kappa shape index (κ2) is 6.34. The molecule has 1 heterocycles. The molecule has 1 aliphatic rings. The molecule has 4 nitrogen and oxygen atoms in total. The molecule has 0 aliphatic heterocycles. The van der Waals surface area contributed by atoms with Crippen molar-refractivity contribution in [2.45, 2.75) is 24.2 Å². The summed E-state index contributed by atoms with van der Waals surface area (Å²) in [7, 11) is 0. The number of benzene rings is 1. The second-order valence-electron chi connectivity index (χ2n) is 5.66. The standard InChI is InChI=1S/C16H15Cl3N2O2/c1-10-13(15(22)23-9-12-7-16(12,18)19)14(17)21(20-10)8-11-5-3-2-4-6-11/h2-6,12H,7-9H2,1H3/t12-/m0/s1. The van der Waals surface area contributed by atoms with E-state index < -0.39 is 10.3 Å². The summed E-state index contributed by atoms with van der Waals surface area (Å²) in [6.07, 6.45) is 0.628. The lowest BCUT2D eigenvalue weighted by atomic mass is 10.2. The maximum absolute atomic E-state index is 12.2. The summed E-state index contributed by atoms with van der Waals surface area (Å²) in [5.41, 5.74) is 1.87. The molecule has 0 saturated heterocycles. The van der Waals surface area contributed by atoms with E-state index in [1.54, 1.807) is 11.6 Å². The zero-order chi connectivity index (χ0) is 16.6. The summed E-state index contributed by atoms with van der Waals surface area (Å²) < 4.78 is 6.09. The first kappa shape index (κ1) is 16.6. The number of hydrogen-bond acceptors (Lipinski definition) is 3. The highest BCUT2D eigenvalue weighted by molar-refractivity contribution is 6.50. The van der Waals surface area contributed by atoms with Crippen molar-refractivity contribution in [2.75, 3.05) is 6.61 Å². The van der Waals surface area contributed by atoms with E-state index in [-0.39, 0.29) is 23.2 Å². The number of aryl methyl sites for hydroxylation is 1. The van der Waals surface area contributed by atoms with Crippen LogP contribution in [0.1, 0.15) is 28.0 Å². The van der Waals surface area contributed by atoms with Gasteiger partial charge in [0, 0.05) is 5.92 Å². The molecule has 1 atom stereocenters. The highest BCUT2D eigenvalue weighted by atomic mass is 35.5. The van der Waals surface area contributed by atoms with E-state index in [1.165, 1.54) is 0 Å². The van der Waals surface area contributed by atoms with Crippen molar-refractivity contribution >= 4 is 40.8 Å². The lowest BCUT2D eigenvalue weighted by molar-refractivity contribution is 0.0484. The number of carbonyl (C=O) groups excluding carboxylic acids is 1. The smallest absolute Gasteiger partial charge is 0.343 e. The van der Waals surface area contributed by atoms with Gasteiger partial charge in [-0.1, -0.05) is 41.9 Å². The van der Waals surface area contributed by atoms with Gasteiger partial charge in [0.1, 0.15) is 15.0 Å². The van der Waals surface area contributed by atoms with E-state index in [0.717, 1.165) is 5.56 Å². The van der Waals surface area contributed by atoms with Gasteiger partial charge in [0.2, 0.25) is 0 Å². The largest absolute Gasteiger partial charge is 0.462 e. The van der Waals surface area contributed by atoms with Crippen molar-refractivity contribution in [3.63, 3.8) is 0 Å². The molecule has 1 aliphatic carbocycles. The Morgan fingerprint density at radius 2 is 2.04 bits per heavy atom. The number of aromatic nitrogens is 2. The van der Waals surface area contributed by atoms with Crippen molar-refractivity contribution in [1.82, 2.24) is 9.78 Å². The Morgan fingerprint density at radius 1 is 1.39 bits per heavy atom. The molecule has 0 bridgehead atoms. The van der Waals surface area contributed by atoms with E-state index in [1.807, 2.05) is 30.3 Å². The zero-order valence-corrected chi connectivity index (χ0v) is 14.7. The Labute approximate surface area is 149 Å². The second-order valence-corrected chi connectivity index (χ2v) is 7.56. The molecule has 0 N–H and O–H groups in total. The topological polar surface area (TPSA) is 44.1 Å². The normalized spacial score (nSPS) is 18.7. The molecule has 2 aromatic rings. The molecule has 23 heavy (non-hydrogen) atoms. The Hall–Kier alpha value is -1.23. The summed E-state index contributed by atoms with van der Waals surface area (Å²) >= 11 is 18.2. The first-order chi connectivity index (χ1) is 10.9. The van der Waals surface area contributed by atoms with E-state index in [4.69, 9.17) is 39.5 Å². The minimum Gasteiger partial charge on any atom is -0.462 e. The molecule has 0 radical (unpaired) electrons. The quantitative estimate of drug-likeness (QED) is 0.581. The van der Waals surface area contributed by atoms with Crippen LogP contribution in [0.15, 0.2) is 30.3 Å². The van der Waals surface area contributed by atoms with Crippen LogP contribution in [0, 0.1) is 12.8 Å². The lowest BCUT2D eigenvalue weighted by Gasteiger charge is -2.05. The number of carbonyl (C=O) groups is 1. The Balaban J connectivity index is 1.71. The molecule has 1 aromatic heterocycles. The number of halogens is 3. The van der Waals surface area contributed by atoms with E-state index >= 15 is 0 Å². The number of rotatable bonds is 5. The average molecular weight is 374 g/mol. The van der Waals surface area contributed by atoms with Gasteiger partial charge >= 0.3 is 5.97 Å². The summed E-state index contributed by atoms with van der Waals surface area (Å²) in [5, 5.41) is 4.60. The Kier molecular flexibility index (Phi) is 4.59. The van der Waals surface area contributed by atoms with E-state index in [0.29, 0.717) is 18.7 Å². The van der Waals surface area contributed by atoms with Crippen molar-refractivity contribution in [3.8, 4) is 0 Å². The van der Waals surface area contributed by atoms with Crippen LogP contribution in [0.4, 0.5) is 0 Å². The number of hydrogen-bond donors (Lipinski definition) is 0. The number of ether oxygens (including phenoxy) is 1. The predicted molar refractivity (Wildman–Crippen MR) is 90.3 cm³/mol. The van der Waals surface area contributed by atoms with Gasteiger partial charge in [-0.2, -0.15) is 5.10 Å². The third-order valence-electron chi connectivity index (χ3n) is 3.82. The van der Waals surface area contributed by atoms with E-state index in [2.05, 4.69) is 5.10 Å². The summed E-state index contributed by atoms with van der Waals surface area (Å²) in [4.78, 5) is 12.2. The molecular weight excluding hydrogens is 359 g/mol. The van der Waals surface area contributed by atoms with Gasteiger partial charge in [0.25, 0.3) is 0 Å². The molecule has 3 rings (SSSR count). The fourth-order valence-corrected chi connectivity index (χ4v) is 3.16. The van der Waals surface area contributed by atoms with Gasteiger partial charge < -0.3 is 4.74 Å². The number of esters is 1. The number of nitrogens with zero attached hydrogens (tertiary/aromatic N) is 2. The van der Waals surface area contributed by atoms with Crippen molar-refractivity contribution in [1.29, 1.82) is 0 Å². The molecule has 1 aromatic carbocycles. The van der Waals surface area contributed by atoms with Crippen LogP contribution < -0.4 is 0 Å². The Morgan fingerprint density at radius 3 is 2.65 bits per heavy atom.